The highest BCUT2D eigenvalue weighted by Crippen LogP contribution is 2.16. The standard InChI is InChI=1S/C16H14O2S/c1-11-4-3-5-13(10-11)16(18)15(17)12-6-8-14(19-2)9-7-12/h3-10H,1-2H3. The third kappa shape index (κ3) is 3.12. The highest BCUT2D eigenvalue weighted by atomic mass is 32.2. The number of thioether (sulfide) groups is 1. The van der Waals surface area contributed by atoms with Gasteiger partial charge in [-0.25, -0.2) is 0 Å². The van der Waals surface area contributed by atoms with Crippen LogP contribution in [-0.2, 0) is 0 Å². The fourth-order valence-electron chi connectivity index (χ4n) is 1.79. The molecule has 0 spiro atoms. The van der Waals surface area contributed by atoms with Crippen LogP contribution in [0.2, 0.25) is 0 Å². The van der Waals surface area contributed by atoms with Crippen molar-refractivity contribution in [1.82, 2.24) is 0 Å². The van der Waals surface area contributed by atoms with Crippen molar-refractivity contribution >= 4 is 23.3 Å². The van der Waals surface area contributed by atoms with Gasteiger partial charge in [-0.05, 0) is 43.5 Å². The lowest BCUT2D eigenvalue weighted by Crippen LogP contribution is -2.14. The minimum absolute atomic E-state index is 0.435. The number of aryl methyl sites for hydroxylation is 1. The molecule has 19 heavy (non-hydrogen) atoms. The number of benzene rings is 2. The Morgan fingerprint density at radius 2 is 1.53 bits per heavy atom. The largest absolute Gasteiger partial charge is 0.285 e. The lowest BCUT2D eigenvalue weighted by atomic mass is 10.0. The van der Waals surface area contributed by atoms with Crippen molar-refractivity contribution in [3.05, 3.63) is 65.2 Å². The quantitative estimate of drug-likeness (QED) is 0.481. The minimum Gasteiger partial charge on any atom is -0.285 e. The molecule has 96 valence electrons. The Bertz CT molecular complexity index is 615. The highest BCUT2D eigenvalue weighted by Gasteiger charge is 2.18. The first-order valence-corrected chi connectivity index (χ1v) is 7.14. The molecule has 2 aromatic rings. The Hall–Kier alpha value is -1.87. The second kappa shape index (κ2) is 5.85. The summed E-state index contributed by atoms with van der Waals surface area (Å²) >= 11 is 1.60. The van der Waals surface area contributed by atoms with Crippen LogP contribution in [0, 0.1) is 6.92 Å². The molecule has 0 aliphatic rings. The average Bonchev–Trinajstić information content (AvgIpc) is 2.46. The number of carbonyl (C=O) groups excluding carboxylic acids is 2. The van der Waals surface area contributed by atoms with Gasteiger partial charge in [-0.1, -0.05) is 23.8 Å². The number of ketones is 2. The zero-order chi connectivity index (χ0) is 13.8. The summed E-state index contributed by atoms with van der Waals surface area (Å²) < 4.78 is 0. The first kappa shape index (κ1) is 13.6. The molecule has 0 saturated carbocycles. The molecule has 0 N–H and O–H groups in total. The molecule has 2 nitrogen and oxygen atoms in total. The molecule has 0 amide bonds. The van der Waals surface area contributed by atoms with E-state index in [1.807, 2.05) is 31.4 Å². The Morgan fingerprint density at radius 1 is 0.895 bits per heavy atom. The molecule has 0 heterocycles. The van der Waals surface area contributed by atoms with Gasteiger partial charge in [0.1, 0.15) is 0 Å². The molecule has 0 aliphatic heterocycles. The topological polar surface area (TPSA) is 34.1 Å². The van der Waals surface area contributed by atoms with E-state index in [2.05, 4.69) is 0 Å². The molecule has 0 atom stereocenters. The fraction of sp³-hybridized carbons (Fsp3) is 0.125. The van der Waals surface area contributed by atoms with Gasteiger partial charge in [-0.15, -0.1) is 11.8 Å². The predicted octanol–water partition coefficient (Wildman–Crippen LogP) is 3.78. The smallest absolute Gasteiger partial charge is 0.233 e. The summed E-state index contributed by atoms with van der Waals surface area (Å²) in [7, 11) is 0. The molecule has 2 rings (SSSR count). The van der Waals surface area contributed by atoms with E-state index < -0.39 is 11.6 Å². The Balaban J connectivity index is 2.25. The molecule has 3 heteroatoms. The molecule has 0 saturated heterocycles. The molecule has 2 aromatic carbocycles. The third-order valence-corrected chi connectivity index (χ3v) is 3.58. The van der Waals surface area contributed by atoms with E-state index in [1.54, 1.807) is 42.1 Å². The zero-order valence-electron chi connectivity index (χ0n) is 10.8. The van der Waals surface area contributed by atoms with Crippen LogP contribution in [-0.4, -0.2) is 17.8 Å². The first-order valence-electron chi connectivity index (χ1n) is 5.91. The van der Waals surface area contributed by atoms with Gasteiger partial charge >= 0.3 is 0 Å². The van der Waals surface area contributed by atoms with Crippen LogP contribution < -0.4 is 0 Å². The monoisotopic (exact) mass is 270 g/mol. The van der Waals surface area contributed by atoms with Gasteiger partial charge in [0.15, 0.2) is 0 Å². The SMILES string of the molecule is CSc1ccc(C(=O)C(=O)c2cccc(C)c2)cc1. The van der Waals surface area contributed by atoms with Gasteiger partial charge < -0.3 is 0 Å². The molecule has 0 radical (unpaired) electrons. The lowest BCUT2D eigenvalue weighted by Gasteiger charge is -2.03. The maximum Gasteiger partial charge on any atom is 0.233 e. The summed E-state index contributed by atoms with van der Waals surface area (Å²) in [6.07, 6.45) is 1.97. The van der Waals surface area contributed by atoms with Gasteiger partial charge in [0.25, 0.3) is 0 Å². The van der Waals surface area contributed by atoms with Gasteiger partial charge in [0.05, 0.1) is 0 Å². The first-order chi connectivity index (χ1) is 9.11. The van der Waals surface area contributed by atoms with Crippen molar-refractivity contribution in [2.75, 3.05) is 6.26 Å². The van der Waals surface area contributed by atoms with Crippen molar-refractivity contribution < 1.29 is 9.59 Å². The van der Waals surface area contributed by atoms with Crippen LogP contribution >= 0.6 is 11.8 Å². The second-order valence-corrected chi connectivity index (χ2v) is 5.14. The number of hydrogen-bond acceptors (Lipinski definition) is 3. The molecule has 0 unspecified atom stereocenters. The number of rotatable bonds is 4. The molecular weight excluding hydrogens is 256 g/mol. The molecular formula is C16H14O2S. The maximum atomic E-state index is 12.1. The number of carbonyl (C=O) groups is 2. The summed E-state index contributed by atoms with van der Waals surface area (Å²) in [4.78, 5) is 25.3. The van der Waals surface area contributed by atoms with E-state index in [-0.39, 0.29) is 0 Å². The van der Waals surface area contributed by atoms with E-state index >= 15 is 0 Å². The third-order valence-electron chi connectivity index (χ3n) is 2.84. The summed E-state index contributed by atoms with van der Waals surface area (Å²) in [6.45, 7) is 1.90. The van der Waals surface area contributed by atoms with Crippen molar-refractivity contribution in [3.8, 4) is 0 Å². The van der Waals surface area contributed by atoms with E-state index in [9.17, 15) is 9.59 Å². The number of Topliss-reactive ketones (excluding diaryl/α,β-unsaturated/α-hetero) is 2. The predicted molar refractivity (Wildman–Crippen MR) is 78.1 cm³/mol. The summed E-state index contributed by atoms with van der Waals surface area (Å²) in [5.41, 5.74) is 1.85. The van der Waals surface area contributed by atoms with E-state index in [0.717, 1.165) is 10.5 Å². The Labute approximate surface area is 116 Å². The molecule has 0 fully saturated rings. The molecule has 0 bridgehead atoms. The van der Waals surface area contributed by atoms with Crippen LogP contribution in [0.5, 0.6) is 0 Å². The molecule has 0 aliphatic carbocycles. The van der Waals surface area contributed by atoms with E-state index in [1.165, 1.54) is 0 Å². The van der Waals surface area contributed by atoms with E-state index in [4.69, 9.17) is 0 Å². The van der Waals surface area contributed by atoms with Gasteiger partial charge in [0, 0.05) is 16.0 Å². The zero-order valence-corrected chi connectivity index (χ0v) is 11.7. The number of hydrogen-bond donors (Lipinski definition) is 0. The average molecular weight is 270 g/mol. The van der Waals surface area contributed by atoms with Crippen LogP contribution in [0.4, 0.5) is 0 Å². The highest BCUT2D eigenvalue weighted by molar-refractivity contribution is 7.98. The minimum atomic E-state index is -0.460. The van der Waals surface area contributed by atoms with Crippen molar-refractivity contribution in [1.29, 1.82) is 0 Å². The van der Waals surface area contributed by atoms with Crippen molar-refractivity contribution in [2.24, 2.45) is 0 Å². The van der Waals surface area contributed by atoms with Crippen molar-refractivity contribution in [2.45, 2.75) is 11.8 Å². The van der Waals surface area contributed by atoms with Crippen LogP contribution in [0.3, 0.4) is 0 Å². The Morgan fingerprint density at radius 3 is 2.11 bits per heavy atom. The Kier molecular flexibility index (Phi) is 4.17. The maximum absolute atomic E-state index is 12.1. The fourth-order valence-corrected chi connectivity index (χ4v) is 2.20. The van der Waals surface area contributed by atoms with Crippen LogP contribution in [0.1, 0.15) is 26.3 Å². The van der Waals surface area contributed by atoms with Crippen LogP contribution in [0.25, 0.3) is 0 Å². The second-order valence-electron chi connectivity index (χ2n) is 4.26. The molecule has 0 aromatic heterocycles. The summed E-state index contributed by atoms with van der Waals surface area (Å²) in [5, 5.41) is 0. The van der Waals surface area contributed by atoms with Gasteiger partial charge in [0.2, 0.25) is 11.6 Å². The summed E-state index contributed by atoms with van der Waals surface area (Å²) in [6, 6.07) is 14.2. The summed E-state index contributed by atoms with van der Waals surface area (Å²) in [5.74, 6) is -0.918. The van der Waals surface area contributed by atoms with Gasteiger partial charge in [-0.2, -0.15) is 0 Å². The van der Waals surface area contributed by atoms with Gasteiger partial charge in [-0.3, -0.25) is 9.59 Å². The van der Waals surface area contributed by atoms with E-state index in [0.29, 0.717) is 11.1 Å². The van der Waals surface area contributed by atoms with Crippen LogP contribution in [0.15, 0.2) is 53.4 Å². The normalized spacial score (nSPS) is 10.2. The van der Waals surface area contributed by atoms with Crippen molar-refractivity contribution in [3.63, 3.8) is 0 Å². The lowest BCUT2D eigenvalue weighted by molar-refractivity contribution is 0.0817.